The number of rotatable bonds is 5. The molecule has 0 aromatic heterocycles. The molecule has 14 heavy (non-hydrogen) atoms. The van der Waals surface area contributed by atoms with Crippen molar-refractivity contribution in [2.75, 3.05) is 27.2 Å². The zero-order valence-corrected chi connectivity index (χ0v) is 9.88. The lowest BCUT2D eigenvalue weighted by molar-refractivity contribution is -0.139. The molecular formula is C11H23NO2. The smallest absolute Gasteiger partial charge is 0.163 e. The van der Waals surface area contributed by atoms with Gasteiger partial charge in [-0.15, -0.1) is 0 Å². The molecule has 1 rings (SSSR count). The third kappa shape index (κ3) is 4.40. The minimum absolute atomic E-state index is 0.312. The quantitative estimate of drug-likeness (QED) is 0.634. The van der Waals surface area contributed by atoms with Gasteiger partial charge in [-0.05, 0) is 53.8 Å². The predicted octanol–water partition coefficient (Wildman–Crippen LogP) is 1.87. The summed E-state index contributed by atoms with van der Waals surface area (Å²) in [4.78, 5) is 2.22. The molecule has 84 valence electrons. The van der Waals surface area contributed by atoms with Crippen molar-refractivity contribution in [2.24, 2.45) is 0 Å². The maximum absolute atomic E-state index is 5.72. The van der Waals surface area contributed by atoms with Crippen LogP contribution in [-0.2, 0) is 9.47 Å². The Morgan fingerprint density at radius 1 is 1.29 bits per heavy atom. The second-order valence-corrected chi connectivity index (χ2v) is 4.75. The van der Waals surface area contributed by atoms with Gasteiger partial charge in [0.1, 0.15) is 0 Å². The van der Waals surface area contributed by atoms with E-state index in [9.17, 15) is 0 Å². The van der Waals surface area contributed by atoms with Gasteiger partial charge >= 0.3 is 0 Å². The Labute approximate surface area is 87.4 Å². The summed E-state index contributed by atoms with van der Waals surface area (Å²) in [7, 11) is 4.22. The first-order valence-electron chi connectivity index (χ1n) is 5.46. The molecule has 0 radical (unpaired) electrons. The van der Waals surface area contributed by atoms with Crippen LogP contribution in [0.25, 0.3) is 0 Å². The van der Waals surface area contributed by atoms with E-state index >= 15 is 0 Å². The molecule has 0 amide bonds. The van der Waals surface area contributed by atoms with Crippen LogP contribution in [0.15, 0.2) is 0 Å². The average molecular weight is 201 g/mol. The summed E-state index contributed by atoms with van der Waals surface area (Å²) in [5.74, 6) is -0.355. The van der Waals surface area contributed by atoms with Crippen LogP contribution in [0.1, 0.15) is 33.1 Å². The highest BCUT2D eigenvalue weighted by atomic mass is 16.7. The van der Waals surface area contributed by atoms with E-state index in [1.54, 1.807) is 0 Å². The average Bonchev–Trinajstić information content (AvgIpc) is 2.39. The van der Waals surface area contributed by atoms with E-state index in [0.29, 0.717) is 6.10 Å². The summed E-state index contributed by atoms with van der Waals surface area (Å²) in [5.41, 5.74) is 0. The molecule has 1 saturated heterocycles. The van der Waals surface area contributed by atoms with Gasteiger partial charge in [0.15, 0.2) is 5.79 Å². The zero-order valence-electron chi connectivity index (χ0n) is 9.88. The van der Waals surface area contributed by atoms with Gasteiger partial charge in [-0.25, -0.2) is 0 Å². The number of nitrogens with zero attached hydrogens (tertiary/aromatic N) is 1. The summed E-state index contributed by atoms with van der Waals surface area (Å²) in [6.45, 7) is 5.88. The molecule has 3 nitrogen and oxygen atoms in total. The molecule has 0 aromatic rings. The second-order valence-electron chi connectivity index (χ2n) is 4.75. The van der Waals surface area contributed by atoms with Crippen molar-refractivity contribution in [3.05, 3.63) is 0 Å². The van der Waals surface area contributed by atoms with Crippen LogP contribution in [0.2, 0.25) is 0 Å². The molecule has 1 fully saturated rings. The highest BCUT2D eigenvalue weighted by Crippen LogP contribution is 2.24. The summed E-state index contributed by atoms with van der Waals surface area (Å²) in [5, 5.41) is 0. The van der Waals surface area contributed by atoms with Gasteiger partial charge in [-0.1, -0.05) is 0 Å². The lowest BCUT2D eigenvalue weighted by Crippen LogP contribution is -2.21. The van der Waals surface area contributed by atoms with Crippen molar-refractivity contribution >= 4 is 0 Å². The first kappa shape index (κ1) is 12.0. The van der Waals surface area contributed by atoms with E-state index in [0.717, 1.165) is 19.6 Å². The molecule has 1 atom stereocenters. The van der Waals surface area contributed by atoms with Gasteiger partial charge in [-0.2, -0.15) is 0 Å². The lowest BCUT2D eigenvalue weighted by atomic mass is 10.1. The third-order valence-corrected chi connectivity index (χ3v) is 2.45. The van der Waals surface area contributed by atoms with E-state index in [2.05, 4.69) is 19.0 Å². The van der Waals surface area contributed by atoms with E-state index < -0.39 is 0 Å². The Bertz CT molecular complexity index is 169. The number of unbranched alkanes of at least 4 members (excludes halogenated alkanes) is 1. The Kier molecular flexibility index (Phi) is 4.35. The Hall–Kier alpha value is -0.120. The van der Waals surface area contributed by atoms with Gasteiger partial charge in [-0.3, -0.25) is 0 Å². The fourth-order valence-electron chi connectivity index (χ4n) is 1.71. The summed E-state index contributed by atoms with van der Waals surface area (Å²) >= 11 is 0. The predicted molar refractivity (Wildman–Crippen MR) is 57.3 cm³/mol. The van der Waals surface area contributed by atoms with Crippen LogP contribution < -0.4 is 0 Å². The summed E-state index contributed by atoms with van der Waals surface area (Å²) in [6.07, 6.45) is 3.90. The van der Waals surface area contributed by atoms with Crippen molar-refractivity contribution < 1.29 is 9.47 Å². The van der Waals surface area contributed by atoms with Crippen LogP contribution in [0.4, 0.5) is 0 Å². The molecule has 3 heteroatoms. The highest BCUT2D eigenvalue weighted by Gasteiger charge is 2.31. The van der Waals surface area contributed by atoms with Crippen LogP contribution in [0.5, 0.6) is 0 Å². The van der Waals surface area contributed by atoms with Crippen LogP contribution in [0, 0.1) is 0 Å². The molecule has 0 saturated carbocycles. The topological polar surface area (TPSA) is 21.7 Å². The first-order chi connectivity index (χ1) is 6.49. The fraction of sp³-hybridized carbons (Fsp3) is 1.00. The normalized spacial score (nSPS) is 25.9. The third-order valence-electron chi connectivity index (χ3n) is 2.45. The molecule has 1 aliphatic heterocycles. The van der Waals surface area contributed by atoms with Crippen LogP contribution in [-0.4, -0.2) is 44.0 Å². The number of hydrogen-bond donors (Lipinski definition) is 0. The number of ether oxygens (including phenoxy) is 2. The molecule has 1 aliphatic rings. The molecule has 1 heterocycles. The van der Waals surface area contributed by atoms with Gasteiger partial charge in [0.05, 0.1) is 12.7 Å². The molecule has 0 aromatic carbocycles. The number of hydrogen-bond acceptors (Lipinski definition) is 3. The standard InChI is InChI=1S/C11H23NO2/c1-11(2)13-9-10(14-11)7-5-6-8-12(3)4/h10H,5-9H2,1-4H3. The van der Waals surface area contributed by atoms with Gasteiger partial charge in [0.25, 0.3) is 0 Å². The molecule has 0 spiro atoms. The van der Waals surface area contributed by atoms with Gasteiger partial charge in [0, 0.05) is 0 Å². The van der Waals surface area contributed by atoms with Crippen molar-refractivity contribution in [3.63, 3.8) is 0 Å². The Morgan fingerprint density at radius 2 is 2.00 bits per heavy atom. The molecule has 0 N–H and O–H groups in total. The molecule has 0 bridgehead atoms. The van der Waals surface area contributed by atoms with Crippen molar-refractivity contribution in [1.82, 2.24) is 4.90 Å². The van der Waals surface area contributed by atoms with Gasteiger partial charge in [0.2, 0.25) is 0 Å². The molecular weight excluding hydrogens is 178 g/mol. The monoisotopic (exact) mass is 201 g/mol. The van der Waals surface area contributed by atoms with E-state index in [4.69, 9.17) is 9.47 Å². The van der Waals surface area contributed by atoms with Crippen LogP contribution >= 0.6 is 0 Å². The van der Waals surface area contributed by atoms with E-state index in [-0.39, 0.29) is 5.79 Å². The SMILES string of the molecule is CN(C)CCCCC1COC(C)(C)O1. The second kappa shape index (κ2) is 5.10. The minimum Gasteiger partial charge on any atom is -0.348 e. The largest absolute Gasteiger partial charge is 0.348 e. The van der Waals surface area contributed by atoms with Crippen LogP contribution in [0.3, 0.4) is 0 Å². The van der Waals surface area contributed by atoms with Crippen molar-refractivity contribution in [3.8, 4) is 0 Å². The van der Waals surface area contributed by atoms with E-state index in [1.807, 2.05) is 13.8 Å². The van der Waals surface area contributed by atoms with Crippen molar-refractivity contribution in [1.29, 1.82) is 0 Å². The first-order valence-corrected chi connectivity index (χ1v) is 5.46. The minimum atomic E-state index is -0.355. The maximum Gasteiger partial charge on any atom is 0.163 e. The Morgan fingerprint density at radius 3 is 2.50 bits per heavy atom. The van der Waals surface area contributed by atoms with Crippen molar-refractivity contribution in [2.45, 2.75) is 45.0 Å². The fourth-order valence-corrected chi connectivity index (χ4v) is 1.71. The zero-order chi connectivity index (χ0) is 10.6. The van der Waals surface area contributed by atoms with E-state index in [1.165, 1.54) is 12.8 Å². The van der Waals surface area contributed by atoms with Gasteiger partial charge < -0.3 is 14.4 Å². The summed E-state index contributed by atoms with van der Waals surface area (Å²) in [6, 6.07) is 0. The lowest BCUT2D eigenvalue weighted by Gasteiger charge is -2.17. The Balaban J connectivity index is 2.03. The maximum atomic E-state index is 5.72. The summed E-state index contributed by atoms with van der Waals surface area (Å²) < 4.78 is 11.2. The molecule has 1 unspecified atom stereocenters. The molecule has 0 aliphatic carbocycles. The highest BCUT2D eigenvalue weighted by molar-refractivity contribution is 4.70.